The summed E-state index contributed by atoms with van der Waals surface area (Å²) in [6.07, 6.45) is 6.20. The molecule has 0 amide bonds. The van der Waals surface area contributed by atoms with Crippen molar-refractivity contribution in [2.24, 2.45) is 0 Å². The Hall–Kier alpha value is -0.630. The normalized spacial score (nSPS) is 10.2. The fourth-order valence-electron chi connectivity index (χ4n) is 1.06. The van der Waals surface area contributed by atoms with E-state index in [1.807, 2.05) is 6.07 Å². The van der Waals surface area contributed by atoms with E-state index in [1.54, 1.807) is 0 Å². The van der Waals surface area contributed by atoms with Gasteiger partial charge in [-0.3, -0.25) is 0 Å². The van der Waals surface area contributed by atoms with Crippen molar-refractivity contribution in [2.75, 3.05) is 0 Å². The summed E-state index contributed by atoms with van der Waals surface area (Å²) < 4.78 is 0. The second-order valence-corrected chi connectivity index (χ2v) is 3.18. The first-order valence-electron chi connectivity index (χ1n) is 4.29. The number of nitrogens with zero attached hydrogens (tertiary/aromatic N) is 2. The van der Waals surface area contributed by atoms with Crippen LogP contribution in [0.3, 0.4) is 0 Å². The smallest absolute Gasteiger partial charge is 0.132 e. The van der Waals surface area contributed by atoms with E-state index in [0.29, 0.717) is 5.15 Å². The summed E-state index contributed by atoms with van der Waals surface area (Å²) in [7, 11) is 0. The maximum absolute atomic E-state index is 5.71. The van der Waals surface area contributed by atoms with Gasteiger partial charge in [-0.2, -0.15) is 0 Å². The molecule has 66 valence electrons. The average molecular weight is 185 g/mol. The van der Waals surface area contributed by atoms with Gasteiger partial charge in [-0.05, 0) is 18.9 Å². The quantitative estimate of drug-likeness (QED) is 0.531. The molecule has 0 saturated carbocycles. The zero-order valence-corrected chi connectivity index (χ0v) is 8.01. The maximum Gasteiger partial charge on any atom is 0.132 e. The Morgan fingerprint density at radius 2 is 2.17 bits per heavy atom. The summed E-state index contributed by atoms with van der Waals surface area (Å²) in [5.41, 5.74) is 1.04. The summed E-state index contributed by atoms with van der Waals surface area (Å²) in [4.78, 5) is 7.94. The minimum Gasteiger partial charge on any atom is -0.241 e. The summed E-state index contributed by atoms with van der Waals surface area (Å²) >= 11 is 5.71. The monoisotopic (exact) mass is 184 g/mol. The molecular weight excluding hydrogens is 172 g/mol. The van der Waals surface area contributed by atoms with Gasteiger partial charge in [0.2, 0.25) is 0 Å². The number of rotatable bonds is 4. The molecule has 3 heteroatoms. The highest BCUT2D eigenvalue weighted by Crippen LogP contribution is 2.07. The van der Waals surface area contributed by atoms with E-state index in [9.17, 15) is 0 Å². The molecule has 0 atom stereocenters. The van der Waals surface area contributed by atoms with Gasteiger partial charge in [0.25, 0.3) is 0 Å². The van der Waals surface area contributed by atoms with E-state index >= 15 is 0 Å². The van der Waals surface area contributed by atoms with Crippen molar-refractivity contribution in [1.82, 2.24) is 9.97 Å². The molecule has 0 aromatic carbocycles. The Bertz CT molecular complexity index is 238. The van der Waals surface area contributed by atoms with Crippen LogP contribution in [-0.4, -0.2) is 9.97 Å². The first kappa shape index (κ1) is 9.46. The number of aromatic nitrogens is 2. The first-order chi connectivity index (χ1) is 5.83. The Balaban J connectivity index is 2.41. The number of unbranched alkanes of at least 4 members (excludes halogenated alkanes) is 2. The Morgan fingerprint density at radius 1 is 1.33 bits per heavy atom. The predicted molar refractivity (Wildman–Crippen MR) is 50.3 cm³/mol. The number of halogens is 1. The van der Waals surface area contributed by atoms with E-state index in [2.05, 4.69) is 16.9 Å². The minimum atomic E-state index is 0.538. The van der Waals surface area contributed by atoms with Gasteiger partial charge in [-0.1, -0.05) is 31.4 Å². The third-order valence-electron chi connectivity index (χ3n) is 1.73. The number of hydrogen-bond acceptors (Lipinski definition) is 2. The standard InChI is InChI=1S/C9H13ClN2/c1-2-3-4-5-8-6-9(10)12-7-11-8/h6-7H,2-5H2,1H3. The van der Waals surface area contributed by atoms with Crippen LogP contribution in [0.2, 0.25) is 5.15 Å². The average Bonchev–Trinajstić information content (AvgIpc) is 2.05. The van der Waals surface area contributed by atoms with Crippen LogP contribution in [0.25, 0.3) is 0 Å². The summed E-state index contributed by atoms with van der Waals surface area (Å²) in [6.45, 7) is 2.19. The zero-order valence-electron chi connectivity index (χ0n) is 7.26. The molecule has 1 heterocycles. The topological polar surface area (TPSA) is 25.8 Å². The molecule has 1 aromatic heterocycles. The highest BCUT2D eigenvalue weighted by atomic mass is 35.5. The third kappa shape index (κ3) is 3.18. The largest absolute Gasteiger partial charge is 0.241 e. The van der Waals surface area contributed by atoms with Gasteiger partial charge >= 0.3 is 0 Å². The lowest BCUT2D eigenvalue weighted by Gasteiger charge is -1.98. The second kappa shape index (κ2) is 5.09. The maximum atomic E-state index is 5.71. The van der Waals surface area contributed by atoms with Crippen molar-refractivity contribution in [2.45, 2.75) is 32.6 Å². The van der Waals surface area contributed by atoms with E-state index in [0.717, 1.165) is 12.1 Å². The van der Waals surface area contributed by atoms with Crippen LogP contribution in [-0.2, 0) is 6.42 Å². The summed E-state index contributed by atoms with van der Waals surface area (Å²) in [5, 5.41) is 0.538. The molecule has 0 aliphatic heterocycles. The molecule has 0 spiro atoms. The van der Waals surface area contributed by atoms with Crippen LogP contribution in [0, 0.1) is 0 Å². The van der Waals surface area contributed by atoms with Gasteiger partial charge in [-0.15, -0.1) is 0 Å². The van der Waals surface area contributed by atoms with E-state index in [1.165, 1.54) is 25.6 Å². The van der Waals surface area contributed by atoms with Crippen LogP contribution in [0.5, 0.6) is 0 Å². The molecule has 0 aliphatic rings. The van der Waals surface area contributed by atoms with Gasteiger partial charge < -0.3 is 0 Å². The Morgan fingerprint density at radius 3 is 2.83 bits per heavy atom. The number of hydrogen-bond donors (Lipinski definition) is 0. The van der Waals surface area contributed by atoms with Crippen molar-refractivity contribution in [3.63, 3.8) is 0 Å². The van der Waals surface area contributed by atoms with Gasteiger partial charge in [0.15, 0.2) is 0 Å². The van der Waals surface area contributed by atoms with Gasteiger partial charge in [-0.25, -0.2) is 9.97 Å². The molecule has 0 radical (unpaired) electrons. The molecule has 0 bridgehead atoms. The molecule has 0 N–H and O–H groups in total. The van der Waals surface area contributed by atoms with E-state index < -0.39 is 0 Å². The summed E-state index contributed by atoms with van der Waals surface area (Å²) in [5.74, 6) is 0. The van der Waals surface area contributed by atoms with Crippen LogP contribution >= 0.6 is 11.6 Å². The molecule has 2 nitrogen and oxygen atoms in total. The van der Waals surface area contributed by atoms with Crippen molar-refractivity contribution < 1.29 is 0 Å². The van der Waals surface area contributed by atoms with Gasteiger partial charge in [0.05, 0.1) is 0 Å². The van der Waals surface area contributed by atoms with Crippen LogP contribution in [0.1, 0.15) is 31.9 Å². The van der Waals surface area contributed by atoms with Crippen molar-refractivity contribution in [3.05, 3.63) is 23.2 Å². The predicted octanol–water partition coefficient (Wildman–Crippen LogP) is 2.86. The molecule has 0 fully saturated rings. The highest BCUT2D eigenvalue weighted by Gasteiger charge is 1.95. The lowest BCUT2D eigenvalue weighted by molar-refractivity contribution is 0.706. The molecule has 1 aromatic rings. The van der Waals surface area contributed by atoms with Gasteiger partial charge in [0.1, 0.15) is 11.5 Å². The SMILES string of the molecule is CCCCCc1cc(Cl)ncn1. The molecular formula is C9H13ClN2. The third-order valence-corrected chi connectivity index (χ3v) is 1.93. The lowest BCUT2D eigenvalue weighted by Crippen LogP contribution is -1.90. The van der Waals surface area contributed by atoms with Crippen molar-refractivity contribution >= 4 is 11.6 Å². The Kier molecular flexibility index (Phi) is 4.01. The Labute approximate surface area is 78.0 Å². The molecule has 0 saturated heterocycles. The van der Waals surface area contributed by atoms with Gasteiger partial charge in [0, 0.05) is 5.69 Å². The molecule has 1 rings (SSSR count). The van der Waals surface area contributed by atoms with Crippen LogP contribution in [0.4, 0.5) is 0 Å². The summed E-state index contributed by atoms with van der Waals surface area (Å²) in [6, 6.07) is 1.83. The van der Waals surface area contributed by atoms with E-state index in [4.69, 9.17) is 11.6 Å². The first-order valence-corrected chi connectivity index (χ1v) is 4.67. The molecule has 0 unspecified atom stereocenters. The minimum absolute atomic E-state index is 0.538. The molecule has 0 aliphatic carbocycles. The second-order valence-electron chi connectivity index (χ2n) is 2.79. The van der Waals surface area contributed by atoms with E-state index in [-0.39, 0.29) is 0 Å². The van der Waals surface area contributed by atoms with Crippen molar-refractivity contribution in [3.8, 4) is 0 Å². The van der Waals surface area contributed by atoms with Crippen molar-refractivity contribution in [1.29, 1.82) is 0 Å². The number of aryl methyl sites for hydroxylation is 1. The fourth-order valence-corrected chi connectivity index (χ4v) is 1.23. The zero-order chi connectivity index (χ0) is 8.81. The highest BCUT2D eigenvalue weighted by molar-refractivity contribution is 6.29. The lowest BCUT2D eigenvalue weighted by atomic mass is 10.1. The fraction of sp³-hybridized carbons (Fsp3) is 0.556. The van der Waals surface area contributed by atoms with Crippen LogP contribution in [0.15, 0.2) is 12.4 Å². The molecule has 12 heavy (non-hydrogen) atoms. The van der Waals surface area contributed by atoms with Crippen LogP contribution < -0.4 is 0 Å².